The molecule has 0 aliphatic carbocycles. The first-order valence-corrected chi connectivity index (χ1v) is 13.7. The summed E-state index contributed by atoms with van der Waals surface area (Å²) >= 11 is 2.75. The molecule has 3 aromatic carbocycles. The second kappa shape index (κ2) is 13.4. The Labute approximate surface area is 234 Å². The lowest BCUT2D eigenvalue weighted by atomic mass is 10.1. The Morgan fingerprint density at radius 3 is 2.31 bits per heavy atom. The molecule has 0 saturated heterocycles. The topological polar surface area (TPSA) is 109 Å². The summed E-state index contributed by atoms with van der Waals surface area (Å²) in [5.41, 5.74) is 1.77. The monoisotopic (exact) mass is 558 g/mol. The van der Waals surface area contributed by atoms with Gasteiger partial charge in [0.15, 0.2) is 5.13 Å². The van der Waals surface area contributed by atoms with Crippen LogP contribution >= 0.6 is 23.1 Å². The van der Waals surface area contributed by atoms with Crippen molar-refractivity contribution in [2.75, 3.05) is 17.7 Å². The van der Waals surface area contributed by atoms with E-state index in [2.05, 4.69) is 20.9 Å². The number of benzene rings is 3. The number of aromatic nitrogens is 1. The van der Waals surface area contributed by atoms with E-state index >= 15 is 0 Å². The van der Waals surface area contributed by atoms with Crippen LogP contribution in [0, 0.1) is 0 Å². The van der Waals surface area contributed by atoms with E-state index in [0.717, 1.165) is 4.90 Å². The van der Waals surface area contributed by atoms with Crippen LogP contribution in [0.3, 0.4) is 0 Å². The Morgan fingerprint density at radius 1 is 0.949 bits per heavy atom. The number of carbonyl (C=O) groups excluding carboxylic acids is 3. The van der Waals surface area contributed by atoms with Crippen molar-refractivity contribution in [2.24, 2.45) is 0 Å². The van der Waals surface area contributed by atoms with Crippen molar-refractivity contribution >= 4 is 57.7 Å². The highest BCUT2D eigenvalue weighted by molar-refractivity contribution is 8.00. The molecule has 198 valence electrons. The summed E-state index contributed by atoms with van der Waals surface area (Å²) in [5.74, 6) is -0.344. The van der Waals surface area contributed by atoms with Gasteiger partial charge in [0.05, 0.1) is 12.4 Å². The number of thiazole rings is 1. The number of rotatable bonds is 10. The van der Waals surface area contributed by atoms with E-state index in [1.165, 1.54) is 23.1 Å². The van der Waals surface area contributed by atoms with Gasteiger partial charge in [-0.2, -0.15) is 0 Å². The second-order valence-corrected chi connectivity index (χ2v) is 10.5. The highest BCUT2D eigenvalue weighted by Gasteiger charge is 2.17. The molecule has 3 N–H and O–H groups in total. The lowest BCUT2D eigenvalue weighted by molar-refractivity contribution is -0.115. The minimum Gasteiger partial charge on any atom is -0.497 e. The third-order valence-electron chi connectivity index (χ3n) is 5.41. The van der Waals surface area contributed by atoms with Gasteiger partial charge >= 0.3 is 0 Å². The number of amides is 3. The molecule has 4 aromatic rings. The normalized spacial score (nSPS) is 11.8. The van der Waals surface area contributed by atoms with Crippen LogP contribution in [-0.2, 0) is 9.59 Å². The molecule has 4 rings (SSSR count). The molecule has 0 aliphatic rings. The molecule has 0 unspecified atom stereocenters. The summed E-state index contributed by atoms with van der Waals surface area (Å²) in [7, 11) is 1.58. The van der Waals surface area contributed by atoms with Crippen molar-refractivity contribution < 1.29 is 19.1 Å². The van der Waals surface area contributed by atoms with Gasteiger partial charge in [0.1, 0.15) is 11.4 Å². The fourth-order valence-electron chi connectivity index (χ4n) is 3.37. The van der Waals surface area contributed by atoms with E-state index in [1.807, 2.05) is 25.1 Å². The average Bonchev–Trinajstić information content (AvgIpc) is 3.47. The van der Waals surface area contributed by atoms with Crippen LogP contribution in [-0.4, -0.2) is 35.1 Å². The molecule has 1 atom stereocenters. The minimum atomic E-state index is -0.480. The number of hydrogen-bond acceptors (Lipinski definition) is 7. The van der Waals surface area contributed by atoms with Gasteiger partial charge in [0.25, 0.3) is 11.8 Å². The van der Waals surface area contributed by atoms with Crippen LogP contribution < -0.4 is 20.7 Å². The third kappa shape index (κ3) is 8.03. The number of nitrogens with zero attached hydrogens (tertiary/aromatic N) is 1. The number of methoxy groups -OCH3 is 1. The Balaban J connectivity index is 1.44. The zero-order chi connectivity index (χ0) is 27.6. The molecule has 10 heteroatoms. The van der Waals surface area contributed by atoms with Crippen LogP contribution in [0.2, 0.25) is 0 Å². The molecule has 0 bridgehead atoms. The summed E-state index contributed by atoms with van der Waals surface area (Å²) in [6.45, 7) is 1.81. The average molecular weight is 559 g/mol. The van der Waals surface area contributed by atoms with Crippen LogP contribution in [0.5, 0.6) is 5.75 Å². The summed E-state index contributed by atoms with van der Waals surface area (Å²) in [5, 5.41) is 10.4. The predicted octanol–water partition coefficient (Wildman–Crippen LogP) is 5.68. The standard InChI is InChI=1S/C29H26N4O4S2/c1-19(26(34)33-29-30-16-17-38-29)39-24-14-10-22(11-15-24)31-28(36)25(18-20-8-12-23(37-2)13-9-20)32-27(35)21-6-4-3-5-7-21/h3-19H,1-2H3,(H,31,36)(H,32,35)(H,30,33,34)/b25-18-/t19-/m0/s1. The molecular weight excluding hydrogens is 532 g/mol. The zero-order valence-corrected chi connectivity index (χ0v) is 22.8. The first-order chi connectivity index (χ1) is 18.9. The molecule has 1 aromatic heterocycles. The number of ether oxygens (including phenoxy) is 1. The van der Waals surface area contributed by atoms with Gasteiger partial charge in [-0.25, -0.2) is 4.98 Å². The van der Waals surface area contributed by atoms with Crippen LogP contribution in [0.4, 0.5) is 10.8 Å². The van der Waals surface area contributed by atoms with E-state index in [1.54, 1.807) is 85.4 Å². The number of carbonyl (C=O) groups is 3. The van der Waals surface area contributed by atoms with Crippen molar-refractivity contribution in [1.29, 1.82) is 0 Å². The lowest BCUT2D eigenvalue weighted by Gasteiger charge is -2.13. The van der Waals surface area contributed by atoms with E-state index in [0.29, 0.717) is 27.7 Å². The molecule has 0 saturated carbocycles. The van der Waals surface area contributed by atoms with E-state index in [4.69, 9.17) is 4.74 Å². The van der Waals surface area contributed by atoms with Crippen LogP contribution in [0.15, 0.2) is 101 Å². The Bertz CT molecular complexity index is 1440. The smallest absolute Gasteiger partial charge is 0.272 e. The highest BCUT2D eigenvalue weighted by Crippen LogP contribution is 2.26. The first kappa shape index (κ1) is 27.6. The van der Waals surface area contributed by atoms with E-state index < -0.39 is 11.8 Å². The maximum absolute atomic E-state index is 13.2. The molecule has 0 spiro atoms. The quantitative estimate of drug-likeness (QED) is 0.171. The number of thioether (sulfide) groups is 1. The number of hydrogen-bond donors (Lipinski definition) is 3. The van der Waals surface area contributed by atoms with Crippen LogP contribution in [0.1, 0.15) is 22.8 Å². The van der Waals surface area contributed by atoms with Crippen LogP contribution in [0.25, 0.3) is 6.08 Å². The first-order valence-electron chi connectivity index (χ1n) is 11.9. The molecule has 3 amide bonds. The van der Waals surface area contributed by atoms with Crippen molar-refractivity contribution in [3.63, 3.8) is 0 Å². The largest absolute Gasteiger partial charge is 0.497 e. The summed E-state index contributed by atoms with van der Waals surface area (Å²) in [4.78, 5) is 43.4. The maximum Gasteiger partial charge on any atom is 0.272 e. The molecule has 0 radical (unpaired) electrons. The van der Waals surface area contributed by atoms with Gasteiger partial charge in [-0.15, -0.1) is 23.1 Å². The predicted molar refractivity (Wildman–Crippen MR) is 156 cm³/mol. The third-order valence-corrected chi connectivity index (χ3v) is 7.21. The molecule has 1 heterocycles. The van der Waals surface area contributed by atoms with Gasteiger partial charge in [-0.3, -0.25) is 14.4 Å². The van der Waals surface area contributed by atoms with Crippen molar-refractivity contribution in [1.82, 2.24) is 10.3 Å². The van der Waals surface area contributed by atoms with Crippen molar-refractivity contribution in [2.45, 2.75) is 17.1 Å². The van der Waals surface area contributed by atoms with E-state index in [-0.39, 0.29) is 16.9 Å². The fourth-order valence-corrected chi connectivity index (χ4v) is 4.77. The molecular formula is C29H26N4O4S2. The summed E-state index contributed by atoms with van der Waals surface area (Å²) in [6.07, 6.45) is 3.23. The Kier molecular flexibility index (Phi) is 9.49. The molecule has 0 aliphatic heterocycles. The maximum atomic E-state index is 13.2. The van der Waals surface area contributed by atoms with Gasteiger partial charge < -0.3 is 20.7 Å². The second-order valence-electron chi connectivity index (χ2n) is 8.22. The molecule has 8 nitrogen and oxygen atoms in total. The zero-order valence-electron chi connectivity index (χ0n) is 21.2. The molecule has 0 fully saturated rings. The molecule has 39 heavy (non-hydrogen) atoms. The van der Waals surface area contributed by atoms with Gasteiger partial charge in [0.2, 0.25) is 5.91 Å². The van der Waals surface area contributed by atoms with Gasteiger partial charge in [-0.05, 0) is 67.1 Å². The lowest BCUT2D eigenvalue weighted by Crippen LogP contribution is -2.30. The van der Waals surface area contributed by atoms with E-state index in [9.17, 15) is 14.4 Å². The Morgan fingerprint density at radius 2 is 1.67 bits per heavy atom. The van der Waals surface area contributed by atoms with Crippen molar-refractivity contribution in [3.8, 4) is 5.75 Å². The summed E-state index contributed by atoms with van der Waals surface area (Å²) in [6, 6.07) is 22.9. The number of nitrogens with one attached hydrogen (secondary N) is 3. The number of anilines is 2. The highest BCUT2D eigenvalue weighted by atomic mass is 32.2. The SMILES string of the molecule is COc1ccc(/C=C(\NC(=O)c2ccccc2)C(=O)Nc2ccc(S[C@@H](C)C(=O)Nc3nccs3)cc2)cc1. The Hall–Kier alpha value is -4.41. The summed E-state index contributed by atoms with van der Waals surface area (Å²) < 4.78 is 5.20. The van der Waals surface area contributed by atoms with Gasteiger partial charge in [-0.1, -0.05) is 30.3 Å². The minimum absolute atomic E-state index is 0.0833. The fraction of sp³-hybridized carbons (Fsp3) is 0.103. The van der Waals surface area contributed by atoms with Gasteiger partial charge in [0, 0.05) is 27.7 Å². The van der Waals surface area contributed by atoms with Crippen molar-refractivity contribution in [3.05, 3.63) is 107 Å².